The van der Waals surface area contributed by atoms with Gasteiger partial charge in [-0.25, -0.2) is 4.63 Å². The molecular weight excluding hydrogens is 196 g/mol. The van der Waals surface area contributed by atoms with Gasteiger partial charge in [-0.1, -0.05) is 26.0 Å². The van der Waals surface area contributed by atoms with E-state index in [2.05, 4.69) is 25.3 Å². The van der Waals surface area contributed by atoms with Gasteiger partial charge in [-0.15, -0.1) is 5.10 Å². The van der Waals surface area contributed by atoms with Crippen LogP contribution in [0.4, 0.5) is 5.82 Å². The largest absolute Gasteiger partial charge is 0.378 e. The van der Waals surface area contributed by atoms with Crippen LogP contribution in [0.1, 0.15) is 26.5 Å². The van der Waals surface area contributed by atoms with E-state index in [9.17, 15) is 0 Å². The van der Waals surface area contributed by atoms with E-state index in [4.69, 9.17) is 5.73 Å². The van der Waals surface area contributed by atoms with Crippen LogP contribution in [0.25, 0.3) is 5.82 Å². The van der Waals surface area contributed by atoms with Gasteiger partial charge in [-0.05, 0) is 10.3 Å². The summed E-state index contributed by atoms with van der Waals surface area (Å²) in [7, 11) is 0. The standard InChI is InChI=1S/C8H12N6O/c1-8(2,3)5-4-10-13-14(5)7-6(9)11-15-12-7/h4H,1-3H3,(H2,9,11). The molecule has 2 heterocycles. The van der Waals surface area contributed by atoms with E-state index >= 15 is 0 Å². The first-order valence-corrected chi connectivity index (χ1v) is 4.50. The van der Waals surface area contributed by atoms with Crippen molar-refractivity contribution >= 4 is 5.82 Å². The molecular formula is C8H12N6O. The molecule has 0 fully saturated rings. The number of aromatic nitrogens is 5. The maximum atomic E-state index is 5.59. The topological polar surface area (TPSA) is 95.6 Å². The summed E-state index contributed by atoms with van der Waals surface area (Å²) in [4.78, 5) is 0. The van der Waals surface area contributed by atoms with Crippen LogP contribution in [-0.2, 0) is 5.41 Å². The highest BCUT2D eigenvalue weighted by Crippen LogP contribution is 2.24. The maximum Gasteiger partial charge on any atom is 0.243 e. The van der Waals surface area contributed by atoms with Gasteiger partial charge in [0, 0.05) is 5.41 Å². The van der Waals surface area contributed by atoms with E-state index in [0.29, 0.717) is 5.82 Å². The first kappa shape index (κ1) is 9.63. The molecule has 0 saturated heterocycles. The Bertz CT molecular complexity index is 465. The zero-order chi connectivity index (χ0) is 11.1. The number of nitrogens with zero attached hydrogens (tertiary/aromatic N) is 5. The number of hydrogen-bond acceptors (Lipinski definition) is 6. The lowest BCUT2D eigenvalue weighted by molar-refractivity contribution is 0.306. The van der Waals surface area contributed by atoms with Crippen molar-refractivity contribution in [1.29, 1.82) is 0 Å². The van der Waals surface area contributed by atoms with Gasteiger partial charge in [0.25, 0.3) is 0 Å². The quantitative estimate of drug-likeness (QED) is 0.734. The Morgan fingerprint density at radius 3 is 2.60 bits per heavy atom. The van der Waals surface area contributed by atoms with Crippen molar-refractivity contribution in [3.05, 3.63) is 11.9 Å². The summed E-state index contributed by atoms with van der Waals surface area (Å²) in [5.41, 5.74) is 6.38. The van der Waals surface area contributed by atoms with Gasteiger partial charge >= 0.3 is 0 Å². The zero-order valence-corrected chi connectivity index (χ0v) is 8.80. The monoisotopic (exact) mass is 208 g/mol. The summed E-state index contributed by atoms with van der Waals surface area (Å²) >= 11 is 0. The van der Waals surface area contributed by atoms with Crippen LogP contribution in [0.2, 0.25) is 0 Å². The molecule has 2 rings (SSSR count). The van der Waals surface area contributed by atoms with E-state index in [1.807, 2.05) is 20.8 Å². The Labute approximate surface area is 86.2 Å². The van der Waals surface area contributed by atoms with Crippen molar-refractivity contribution in [3.8, 4) is 5.82 Å². The second-order valence-corrected chi connectivity index (χ2v) is 4.25. The van der Waals surface area contributed by atoms with Crippen molar-refractivity contribution in [2.75, 3.05) is 5.73 Å². The maximum absolute atomic E-state index is 5.59. The van der Waals surface area contributed by atoms with Gasteiger partial charge in [-0.2, -0.15) is 4.68 Å². The van der Waals surface area contributed by atoms with Crippen molar-refractivity contribution in [3.63, 3.8) is 0 Å². The molecule has 0 bridgehead atoms. The highest BCUT2D eigenvalue weighted by atomic mass is 16.6. The summed E-state index contributed by atoms with van der Waals surface area (Å²) < 4.78 is 6.06. The highest BCUT2D eigenvalue weighted by molar-refractivity contribution is 5.44. The van der Waals surface area contributed by atoms with Crippen molar-refractivity contribution in [2.45, 2.75) is 26.2 Å². The lowest BCUT2D eigenvalue weighted by Gasteiger charge is -2.17. The summed E-state index contributed by atoms with van der Waals surface area (Å²) in [6.45, 7) is 6.14. The molecule has 0 radical (unpaired) electrons. The van der Waals surface area contributed by atoms with Gasteiger partial charge in [0.05, 0.1) is 11.9 Å². The van der Waals surface area contributed by atoms with E-state index in [1.165, 1.54) is 4.68 Å². The fourth-order valence-corrected chi connectivity index (χ4v) is 1.24. The smallest absolute Gasteiger partial charge is 0.243 e. The molecule has 0 aliphatic carbocycles. The Hall–Kier alpha value is -1.92. The van der Waals surface area contributed by atoms with Crippen LogP contribution >= 0.6 is 0 Å². The third-order valence-corrected chi connectivity index (χ3v) is 2.01. The fraction of sp³-hybridized carbons (Fsp3) is 0.500. The Balaban J connectivity index is 2.56. The highest BCUT2D eigenvalue weighted by Gasteiger charge is 2.23. The zero-order valence-electron chi connectivity index (χ0n) is 8.80. The Morgan fingerprint density at radius 1 is 1.33 bits per heavy atom. The van der Waals surface area contributed by atoms with E-state index in [-0.39, 0.29) is 11.2 Å². The number of nitrogen functional groups attached to an aromatic ring is 1. The Kier molecular flexibility index (Phi) is 1.95. The summed E-state index contributed by atoms with van der Waals surface area (Å²) in [6.07, 6.45) is 1.67. The molecule has 0 saturated carbocycles. The van der Waals surface area contributed by atoms with Gasteiger partial charge in [0.15, 0.2) is 0 Å². The van der Waals surface area contributed by atoms with E-state index in [1.54, 1.807) is 6.20 Å². The van der Waals surface area contributed by atoms with Crippen LogP contribution in [0.3, 0.4) is 0 Å². The molecule has 0 aliphatic heterocycles. The molecule has 0 atom stereocenters. The summed E-state index contributed by atoms with van der Waals surface area (Å²) in [5.74, 6) is 0.573. The van der Waals surface area contributed by atoms with Crippen LogP contribution in [-0.4, -0.2) is 25.3 Å². The molecule has 0 spiro atoms. The predicted octanol–water partition coefficient (Wildman–Crippen LogP) is 0.530. The molecule has 2 aromatic heterocycles. The molecule has 0 amide bonds. The second-order valence-electron chi connectivity index (χ2n) is 4.25. The van der Waals surface area contributed by atoms with E-state index in [0.717, 1.165) is 5.69 Å². The molecule has 0 aliphatic rings. The number of hydrogen-bond donors (Lipinski definition) is 1. The number of anilines is 1. The van der Waals surface area contributed by atoms with Gasteiger partial charge in [0.2, 0.25) is 11.6 Å². The molecule has 2 N–H and O–H groups in total. The average molecular weight is 208 g/mol. The molecule has 80 valence electrons. The van der Waals surface area contributed by atoms with Crippen LogP contribution in [0.15, 0.2) is 10.8 Å². The number of nitrogens with two attached hydrogens (primary N) is 1. The van der Waals surface area contributed by atoms with Gasteiger partial charge in [0.1, 0.15) is 0 Å². The lowest BCUT2D eigenvalue weighted by Crippen LogP contribution is -2.18. The van der Waals surface area contributed by atoms with Crippen LogP contribution < -0.4 is 5.73 Å². The second kappa shape index (κ2) is 3.04. The SMILES string of the molecule is CC(C)(C)c1cnnn1-c1nonc1N. The fourth-order valence-electron chi connectivity index (χ4n) is 1.24. The number of rotatable bonds is 1. The normalized spacial score (nSPS) is 11.9. The third-order valence-electron chi connectivity index (χ3n) is 2.01. The Morgan fingerprint density at radius 2 is 2.07 bits per heavy atom. The molecule has 2 aromatic rings. The summed E-state index contributed by atoms with van der Waals surface area (Å²) in [6, 6.07) is 0. The molecule has 0 aromatic carbocycles. The van der Waals surface area contributed by atoms with E-state index < -0.39 is 0 Å². The van der Waals surface area contributed by atoms with Crippen molar-refractivity contribution in [1.82, 2.24) is 25.3 Å². The van der Waals surface area contributed by atoms with Gasteiger partial charge < -0.3 is 5.73 Å². The average Bonchev–Trinajstić information content (AvgIpc) is 2.69. The van der Waals surface area contributed by atoms with Crippen molar-refractivity contribution < 1.29 is 4.63 Å². The minimum absolute atomic E-state index is 0.102. The van der Waals surface area contributed by atoms with Crippen LogP contribution in [0, 0.1) is 0 Å². The lowest BCUT2D eigenvalue weighted by atomic mass is 9.93. The predicted molar refractivity (Wildman–Crippen MR) is 52.3 cm³/mol. The minimum atomic E-state index is -0.102. The van der Waals surface area contributed by atoms with Crippen molar-refractivity contribution in [2.24, 2.45) is 0 Å². The first-order valence-electron chi connectivity index (χ1n) is 4.50. The minimum Gasteiger partial charge on any atom is -0.378 e. The first-order chi connectivity index (χ1) is 7.00. The molecule has 0 unspecified atom stereocenters. The summed E-state index contributed by atoms with van der Waals surface area (Å²) in [5, 5.41) is 14.9. The molecule has 7 heteroatoms. The molecule has 15 heavy (non-hydrogen) atoms. The van der Waals surface area contributed by atoms with Crippen LogP contribution in [0.5, 0.6) is 0 Å². The third kappa shape index (κ3) is 1.56. The molecule has 7 nitrogen and oxygen atoms in total. The van der Waals surface area contributed by atoms with Gasteiger partial charge in [-0.3, -0.25) is 0 Å².